The summed E-state index contributed by atoms with van der Waals surface area (Å²) >= 11 is 1.71. The van der Waals surface area contributed by atoms with Crippen LogP contribution in [0.2, 0.25) is 0 Å². The van der Waals surface area contributed by atoms with Gasteiger partial charge in [-0.1, -0.05) is 36.0 Å². The van der Waals surface area contributed by atoms with Crippen molar-refractivity contribution in [3.8, 4) is 11.6 Å². The van der Waals surface area contributed by atoms with Crippen molar-refractivity contribution < 1.29 is 12.8 Å². The lowest BCUT2D eigenvalue weighted by Gasteiger charge is -2.19. The first-order valence-corrected chi connectivity index (χ1v) is 14.3. The van der Waals surface area contributed by atoms with E-state index >= 15 is 0 Å². The van der Waals surface area contributed by atoms with E-state index in [1.54, 1.807) is 17.8 Å². The standard InChI is InChI=1S/C25H28N4O3S2/c1-28-24(23-17-20-6-3-4-7-22(20)32-23)26-27-25(28)33-15-5-12-29-13-10-18-8-9-21(34(2,30)31)16-19(18)11-14-29/h3-4,6-9,16-17H,5,10-15H2,1-2H3. The number of hydrogen-bond acceptors (Lipinski definition) is 7. The second-order valence-corrected chi connectivity index (χ2v) is 11.8. The number of furan rings is 1. The largest absolute Gasteiger partial charge is 0.453 e. The monoisotopic (exact) mass is 496 g/mol. The highest BCUT2D eigenvalue weighted by molar-refractivity contribution is 7.99. The van der Waals surface area contributed by atoms with Crippen LogP contribution in [0, 0.1) is 0 Å². The van der Waals surface area contributed by atoms with E-state index in [-0.39, 0.29) is 0 Å². The Labute approximate surface area is 204 Å². The molecule has 0 unspecified atom stereocenters. The summed E-state index contributed by atoms with van der Waals surface area (Å²) in [5.41, 5.74) is 3.28. The van der Waals surface area contributed by atoms with Gasteiger partial charge in [-0.25, -0.2) is 8.42 Å². The number of fused-ring (bicyclic) bond motifs is 2. The molecule has 7 nitrogen and oxygen atoms in total. The van der Waals surface area contributed by atoms with Crippen LogP contribution >= 0.6 is 11.8 Å². The zero-order valence-electron chi connectivity index (χ0n) is 19.4. The van der Waals surface area contributed by atoms with Crippen LogP contribution in [-0.2, 0) is 29.7 Å². The van der Waals surface area contributed by atoms with Crippen molar-refractivity contribution in [2.24, 2.45) is 7.05 Å². The molecule has 5 rings (SSSR count). The third-order valence-corrected chi connectivity index (χ3v) is 8.55. The van der Waals surface area contributed by atoms with Crippen molar-refractivity contribution in [3.63, 3.8) is 0 Å². The average Bonchev–Trinajstić information content (AvgIpc) is 3.33. The van der Waals surface area contributed by atoms with Crippen molar-refractivity contribution in [3.05, 3.63) is 59.7 Å². The molecule has 34 heavy (non-hydrogen) atoms. The van der Waals surface area contributed by atoms with E-state index in [9.17, 15) is 8.42 Å². The van der Waals surface area contributed by atoms with E-state index < -0.39 is 9.84 Å². The Morgan fingerprint density at radius 2 is 1.82 bits per heavy atom. The number of nitrogens with zero attached hydrogens (tertiary/aromatic N) is 4. The van der Waals surface area contributed by atoms with Crippen LogP contribution in [0.5, 0.6) is 0 Å². The lowest BCUT2D eigenvalue weighted by atomic mass is 10.0. The quantitative estimate of drug-likeness (QED) is 0.280. The van der Waals surface area contributed by atoms with Crippen LogP contribution in [0.3, 0.4) is 0 Å². The molecule has 1 aliphatic heterocycles. The number of aromatic nitrogens is 3. The van der Waals surface area contributed by atoms with Crippen molar-refractivity contribution in [1.29, 1.82) is 0 Å². The Morgan fingerprint density at radius 3 is 2.62 bits per heavy atom. The molecule has 0 saturated carbocycles. The summed E-state index contributed by atoms with van der Waals surface area (Å²) in [6.45, 7) is 2.95. The Hall–Kier alpha value is -2.62. The maximum absolute atomic E-state index is 11.9. The molecule has 0 saturated heterocycles. The normalized spacial score (nSPS) is 14.9. The van der Waals surface area contributed by atoms with Gasteiger partial charge in [0, 0.05) is 37.5 Å². The van der Waals surface area contributed by atoms with Crippen LogP contribution in [0.1, 0.15) is 17.5 Å². The Bertz CT molecular complexity index is 1390. The zero-order valence-corrected chi connectivity index (χ0v) is 21.0. The molecule has 0 aliphatic carbocycles. The van der Waals surface area contributed by atoms with Gasteiger partial charge in [0.1, 0.15) is 5.58 Å². The average molecular weight is 497 g/mol. The fraction of sp³-hybridized carbons (Fsp3) is 0.360. The van der Waals surface area contributed by atoms with Gasteiger partial charge in [-0.3, -0.25) is 0 Å². The van der Waals surface area contributed by atoms with Crippen molar-refractivity contribution in [2.45, 2.75) is 29.3 Å². The highest BCUT2D eigenvalue weighted by atomic mass is 32.2. The fourth-order valence-corrected chi connectivity index (χ4v) is 5.91. The summed E-state index contributed by atoms with van der Waals surface area (Å²) < 4.78 is 31.7. The molecular formula is C25H28N4O3S2. The Morgan fingerprint density at radius 1 is 1.03 bits per heavy atom. The molecule has 0 N–H and O–H groups in total. The summed E-state index contributed by atoms with van der Waals surface area (Å²) in [5, 5.41) is 10.7. The first kappa shape index (κ1) is 23.1. The van der Waals surface area contributed by atoms with E-state index in [0.717, 1.165) is 77.9 Å². The summed E-state index contributed by atoms with van der Waals surface area (Å²) in [6.07, 6.45) is 4.15. The zero-order chi connectivity index (χ0) is 23.7. The van der Waals surface area contributed by atoms with Crippen LogP contribution in [0.15, 0.2) is 63.0 Å². The summed E-state index contributed by atoms with van der Waals surface area (Å²) in [4.78, 5) is 2.89. The highest BCUT2D eigenvalue weighted by Gasteiger charge is 2.18. The Kier molecular flexibility index (Phi) is 6.50. The smallest absolute Gasteiger partial charge is 0.200 e. The molecular weight excluding hydrogens is 468 g/mol. The molecule has 4 aromatic rings. The SMILES string of the molecule is Cn1c(SCCCN2CCc3ccc(S(C)(=O)=O)cc3CC2)nnc1-c1cc2ccccc2o1. The summed E-state index contributed by atoms with van der Waals surface area (Å²) in [6, 6.07) is 15.5. The number of hydrogen-bond donors (Lipinski definition) is 0. The number of para-hydroxylation sites is 1. The minimum absolute atomic E-state index is 0.418. The highest BCUT2D eigenvalue weighted by Crippen LogP contribution is 2.28. The van der Waals surface area contributed by atoms with E-state index in [2.05, 4.69) is 15.1 Å². The molecule has 2 aromatic heterocycles. The molecule has 0 atom stereocenters. The second-order valence-electron chi connectivity index (χ2n) is 8.76. The summed E-state index contributed by atoms with van der Waals surface area (Å²) in [5.74, 6) is 2.41. The predicted octanol–water partition coefficient (Wildman–Crippen LogP) is 4.21. The van der Waals surface area contributed by atoms with Crippen LogP contribution in [0.4, 0.5) is 0 Å². The van der Waals surface area contributed by atoms with Gasteiger partial charge in [0.25, 0.3) is 0 Å². The maximum Gasteiger partial charge on any atom is 0.200 e. The topological polar surface area (TPSA) is 81.2 Å². The van der Waals surface area contributed by atoms with Gasteiger partial charge in [-0.15, -0.1) is 10.2 Å². The summed E-state index contributed by atoms with van der Waals surface area (Å²) in [7, 11) is -1.19. The maximum atomic E-state index is 11.9. The number of sulfone groups is 1. The molecule has 1 aliphatic rings. The third-order valence-electron chi connectivity index (χ3n) is 6.33. The van der Waals surface area contributed by atoms with Crippen LogP contribution in [-0.4, -0.2) is 59.7 Å². The lowest BCUT2D eigenvalue weighted by Crippen LogP contribution is -2.27. The van der Waals surface area contributed by atoms with Gasteiger partial charge in [0.05, 0.1) is 4.90 Å². The van der Waals surface area contributed by atoms with Crippen molar-refractivity contribution >= 4 is 32.6 Å². The van der Waals surface area contributed by atoms with Gasteiger partial charge in [-0.05, 0) is 61.2 Å². The molecule has 0 radical (unpaired) electrons. The molecule has 0 bridgehead atoms. The fourth-order valence-electron chi connectivity index (χ4n) is 4.40. The lowest BCUT2D eigenvalue weighted by molar-refractivity contribution is 0.289. The van der Waals surface area contributed by atoms with Crippen LogP contribution < -0.4 is 0 Å². The molecule has 9 heteroatoms. The van der Waals surface area contributed by atoms with Gasteiger partial charge >= 0.3 is 0 Å². The molecule has 0 amide bonds. The number of rotatable bonds is 7. The van der Waals surface area contributed by atoms with Crippen molar-refractivity contribution in [2.75, 3.05) is 31.6 Å². The molecule has 178 valence electrons. The predicted molar refractivity (Wildman–Crippen MR) is 135 cm³/mol. The van der Waals surface area contributed by atoms with Gasteiger partial charge in [0.15, 0.2) is 26.6 Å². The van der Waals surface area contributed by atoms with Gasteiger partial charge in [-0.2, -0.15) is 0 Å². The number of benzene rings is 2. The first-order chi connectivity index (χ1) is 16.4. The van der Waals surface area contributed by atoms with E-state index in [0.29, 0.717) is 4.90 Å². The number of thioether (sulfide) groups is 1. The molecule has 0 spiro atoms. The van der Waals surface area contributed by atoms with Crippen molar-refractivity contribution in [1.82, 2.24) is 19.7 Å². The third kappa shape index (κ3) is 4.92. The second kappa shape index (κ2) is 9.56. The minimum atomic E-state index is -3.17. The van der Waals surface area contributed by atoms with E-state index in [1.165, 1.54) is 11.8 Å². The van der Waals surface area contributed by atoms with E-state index in [4.69, 9.17) is 4.42 Å². The first-order valence-electron chi connectivity index (χ1n) is 11.4. The van der Waals surface area contributed by atoms with Crippen LogP contribution in [0.25, 0.3) is 22.6 Å². The van der Waals surface area contributed by atoms with Gasteiger partial charge in [0.2, 0.25) is 0 Å². The molecule has 2 aromatic carbocycles. The minimum Gasteiger partial charge on any atom is -0.453 e. The molecule has 0 fully saturated rings. The van der Waals surface area contributed by atoms with E-state index in [1.807, 2.05) is 54.1 Å². The Balaban J connectivity index is 1.14. The van der Waals surface area contributed by atoms with Gasteiger partial charge < -0.3 is 13.9 Å². The molecule has 3 heterocycles.